The Morgan fingerprint density at radius 2 is 1.82 bits per heavy atom. The number of anilines is 1. The molecule has 3 heterocycles. The fraction of sp³-hybridized carbons (Fsp3) is 0.273. The fourth-order valence-corrected chi connectivity index (χ4v) is 4.98. The number of halogens is 2. The van der Waals surface area contributed by atoms with Crippen molar-refractivity contribution < 1.29 is 18.3 Å². The van der Waals surface area contributed by atoms with Gasteiger partial charge in [0.05, 0.1) is 5.04 Å². The molecule has 2 aliphatic heterocycles. The Hall–Kier alpha value is -3.25. The lowest BCUT2D eigenvalue weighted by atomic mass is 10.1. The highest BCUT2D eigenvalue weighted by Gasteiger charge is 2.44. The molecule has 0 aliphatic carbocycles. The van der Waals surface area contributed by atoms with Crippen molar-refractivity contribution >= 4 is 44.9 Å². The molecule has 2 aliphatic rings. The second kappa shape index (κ2) is 8.51. The molecule has 0 radical (unpaired) electrons. The van der Waals surface area contributed by atoms with Crippen molar-refractivity contribution in [1.82, 2.24) is 15.2 Å². The van der Waals surface area contributed by atoms with E-state index in [0.29, 0.717) is 16.7 Å². The minimum atomic E-state index is -3.68. The van der Waals surface area contributed by atoms with E-state index in [1.165, 1.54) is 40.8 Å². The van der Waals surface area contributed by atoms with Gasteiger partial charge in [0.2, 0.25) is 11.1 Å². The zero-order chi connectivity index (χ0) is 24.0. The van der Waals surface area contributed by atoms with E-state index < -0.39 is 6.29 Å². The number of aromatic nitrogens is 2. The van der Waals surface area contributed by atoms with Gasteiger partial charge >= 0.3 is 6.29 Å². The molecule has 1 unspecified atom stereocenters. The van der Waals surface area contributed by atoms with Gasteiger partial charge in [-0.3, -0.25) is 0 Å². The minimum Gasteiger partial charge on any atom is -0.395 e. The Kier molecular flexibility index (Phi) is 5.64. The lowest BCUT2D eigenvalue weighted by molar-refractivity contribution is -0.286. The molecule has 1 aromatic heterocycles. The highest BCUT2D eigenvalue weighted by atomic mass is 32.2. The van der Waals surface area contributed by atoms with Crippen molar-refractivity contribution in [3.63, 3.8) is 0 Å². The molecular weight excluding hydrogens is 482 g/mol. The van der Waals surface area contributed by atoms with Gasteiger partial charge < -0.3 is 14.8 Å². The van der Waals surface area contributed by atoms with Gasteiger partial charge in [0, 0.05) is 5.69 Å². The largest absolute Gasteiger partial charge is 0.586 e. The van der Waals surface area contributed by atoms with Gasteiger partial charge in [0.25, 0.3) is 0 Å². The van der Waals surface area contributed by atoms with Crippen LogP contribution in [0.25, 0.3) is 0 Å². The third-order valence-electron chi connectivity index (χ3n) is 5.16. The Bertz CT molecular complexity index is 1330. The predicted molar refractivity (Wildman–Crippen MR) is 129 cm³/mol. The number of ether oxygens (including phenoxy) is 2. The van der Waals surface area contributed by atoms with Crippen molar-refractivity contribution in [3.8, 4) is 11.5 Å². The first-order valence-corrected chi connectivity index (χ1v) is 12.0. The van der Waals surface area contributed by atoms with Crippen LogP contribution in [0.3, 0.4) is 0 Å². The second-order valence-electron chi connectivity index (χ2n) is 7.77. The lowest BCUT2D eigenvalue weighted by Crippen LogP contribution is -2.32. The highest BCUT2D eigenvalue weighted by molar-refractivity contribution is 8.14. The Balaban J connectivity index is 1.52. The number of thioether (sulfide) groups is 1. The third kappa shape index (κ3) is 4.55. The van der Waals surface area contributed by atoms with Crippen LogP contribution in [0.2, 0.25) is 0 Å². The summed E-state index contributed by atoms with van der Waals surface area (Å²) in [4.78, 5) is 4.69. The minimum absolute atomic E-state index is 0.00702. The molecule has 3 aromatic rings. The zero-order valence-electron chi connectivity index (χ0n) is 18.7. The van der Waals surface area contributed by atoms with E-state index in [1.807, 2.05) is 45.9 Å². The maximum Gasteiger partial charge on any atom is 0.586 e. The van der Waals surface area contributed by atoms with Gasteiger partial charge in [0.1, 0.15) is 10.4 Å². The number of nitrogens with zero attached hydrogens (tertiary/aromatic N) is 5. The van der Waals surface area contributed by atoms with Crippen molar-refractivity contribution in [3.05, 3.63) is 58.1 Å². The van der Waals surface area contributed by atoms with Crippen LogP contribution in [0, 0.1) is 20.8 Å². The normalized spacial score (nSPS) is 18.9. The Morgan fingerprint density at radius 1 is 1.03 bits per heavy atom. The van der Waals surface area contributed by atoms with Crippen LogP contribution in [-0.4, -0.2) is 32.5 Å². The van der Waals surface area contributed by atoms with E-state index in [2.05, 4.69) is 30.1 Å². The summed E-state index contributed by atoms with van der Waals surface area (Å²) in [6.07, 6.45) is -3.68. The summed E-state index contributed by atoms with van der Waals surface area (Å²) in [5.41, 5.74) is 3.83. The predicted octanol–water partition coefficient (Wildman–Crippen LogP) is 5.97. The number of fused-ring (bicyclic) bond motifs is 1. The summed E-state index contributed by atoms with van der Waals surface area (Å²) in [6.45, 7) is 7.81. The van der Waals surface area contributed by atoms with E-state index in [-0.39, 0.29) is 16.9 Å². The van der Waals surface area contributed by atoms with E-state index in [9.17, 15) is 8.78 Å². The Labute approximate surface area is 202 Å². The van der Waals surface area contributed by atoms with E-state index >= 15 is 0 Å². The van der Waals surface area contributed by atoms with Crippen molar-refractivity contribution in [2.75, 3.05) is 5.32 Å². The molecule has 2 aromatic carbocycles. The molecule has 0 spiro atoms. The number of hydrogen-bond donors (Lipinski definition) is 1. The second-order valence-corrected chi connectivity index (χ2v) is 10.2. The molecule has 0 fully saturated rings. The topological polar surface area (TPSA) is 84.2 Å². The first kappa shape index (κ1) is 22.5. The number of alkyl halides is 2. The SMILES string of the molecule is CC1=NN(/C(=N/c2nnc(C)s2)Nc2ccc(C)c(C)c2)C(c2ccc3c(c2)OC(F)(F)O3)S1. The van der Waals surface area contributed by atoms with E-state index in [4.69, 9.17) is 4.99 Å². The molecule has 8 nitrogen and oxygen atoms in total. The summed E-state index contributed by atoms with van der Waals surface area (Å²) in [5.74, 6) is 0.400. The van der Waals surface area contributed by atoms with Crippen LogP contribution in [0.15, 0.2) is 46.5 Å². The van der Waals surface area contributed by atoms with Crippen molar-refractivity contribution in [2.45, 2.75) is 39.4 Å². The van der Waals surface area contributed by atoms with E-state index in [1.54, 1.807) is 11.1 Å². The summed E-state index contributed by atoms with van der Waals surface area (Å²) in [6, 6.07) is 10.7. The molecule has 176 valence electrons. The molecular formula is C22H20F2N6O2S2. The zero-order valence-corrected chi connectivity index (χ0v) is 20.3. The third-order valence-corrected chi connectivity index (χ3v) is 7.01. The molecule has 1 N–H and O–H groups in total. The number of benzene rings is 2. The number of hydrazone groups is 1. The van der Waals surface area contributed by atoms with Crippen LogP contribution in [0.5, 0.6) is 11.5 Å². The number of rotatable bonds is 3. The van der Waals surface area contributed by atoms with Gasteiger partial charge in [-0.25, -0.2) is 5.01 Å². The van der Waals surface area contributed by atoms with Crippen LogP contribution < -0.4 is 14.8 Å². The van der Waals surface area contributed by atoms with E-state index in [0.717, 1.165) is 21.3 Å². The summed E-state index contributed by atoms with van der Waals surface area (Å²) < 4.78 is 36.3. The lowest BCUT2D eigenvalue weighted by Gasteiger charge is -2.25. The first-order valence-electron chi connectivity index (χ1n) is 10.3. The number of hydrogen-bond acceptors (Lipinski definition) is 8. The molecule has 34 heavy (non-hydrogen) atoms. The van der Waals surface area contributed by atoms with Crippen LogP contribution >= 0.6 is 23.1 Å². The molecule has 1 atom stereocenters. The van der Waals surface area contributed by atoms with Gasteiger partial charge in [-0.05, 0) is 68.7 Å². The smallest absolute Gasteiger partial charge is 0.395 e. The first-order chi connectivity index (χ1) is 16.2. The molecule has 0 bridgehead atoms. The number of guanidine groups is 1. The molecule has 0 saturated heterocycles. The fourth-order valence-electron chi connectivity index (χ4n) is 3.43. The summed E-state index contributed by atoms with van der Waals surface area (Å²) in [5, 5.41) is 19.6. The summed E-state index contributed by atoms with van der Waals surface area (Å²) >= 11 is 2.82. The van der Waals surface area contributed by atoms with Crippen LogP contribution in [-0.2, 0) is 0 Å². The molecule has 0 saturated carbocycles. The monoisotopic (exact) mass is 502 g/mol. The maximum absolute atomic E-state index is 13.5. The van der Waals surface area contributed by atoms with Gasteiger partial charge in [-0.1, -0.05) is 35.2 Å². The van der Waals surface area contributed by atoms with Gasteiger partial charge in [-0.2, -0.15) is 10.1 Å². The quantitative estimate of drug-likeness (QED) is 0.349. The number of nitrogens with one attached hydrogen (secondary N) is 1. The van der Waals surface area contributed by atoms with Crippen molar-refractivity contribution in [1.29, 1.82) is 0 Å². The van der Waals surface area contributed by atoms with Gasteiger partial charge in [0.15, 0.2) is 11.5 Å². The maximum atomic E-state index is 13.5. The van der Waals surface area contributed by atoms with Gasteiger partial charge in [-0.15, -0.1) is 19.0 Å². The molecule has 0 amide bonds. The van der Waals surface area contributed by atoms with Crippen molar-refractivity contribution in [2.24, 2.45) is 10.1 Å². The summed E-state index contributed by atoms with van der Waals surface area (Å²) in [7, 11) is 0. The average Bonchev–Trinajstić information content (AvgIpc) is 3.44. The van der Waals surface area contributed by atoms with Crippen LogP contribution in [0.4, 0.5) is 19.6 Å². The Morgan fingerprint density at radius 3 is 2.56 bits per heavy atom. The molecule has 5 rings (SSSR count). The highest BCUT2D eigenvalue weighted by Crippen LogP contribution is 2.46. The standard InChI is InChI=1S/C22H20F2N6O2S2/c1-11-5-7-16(9-12(11)2)25-20(26-21-28-27-13(3)34-21)30-19(33-14(4)29-30)15-6-8-17-18(10-15)32-22(23,24)31-17/h5-10,19H,1-4H3,(H,25,26,28). The number of aliphatic imine (C=N–C) groups is 1. The average molecular weight is 503 g/mol. The molecule has 12 heteroatoms. The van der Waals surface area contributed by atoms with Crippen LogP contribution in [0.1, 0.15) is 34.0 Å². The number of aryl methyl sites for hydroxylation is 3.